The second kappa shape index (κ2) is 6.55. The molecule has 3 aromatic heterocycles. The maximum absolute atomic E-state index is 12.8. The molecule has 144 valence electrons. The molecule has 12 heteroatoms. The molecule has 0 atom stereocenters. The summed E-state index contributed by atoms with van der Waals surface area (Å²) in [7, 11) is 0. The second-order valence-corrected chi connectivity index (χ2v) is 5.92. The van der Waals surface area contributed by atoms with Gasteiger partial charge < -0.3 is 0 Å². The van der Waals surface area contributed by atoms with Crippen molar-refractivity contribution >= 4 is 11.0 Å². The first-order valence-corrected chi connectivity index (χ1v) is 8.24. The third-order valence-electron chi connectivity index (χ3n) is 4.20. The number of alkyl halides is 3. The van der Waals surface area contributed by atoms with E-state index in [1.165, 1.54) is 33.9 Å². The van der Waals surface area contributed by atoms with Gasteiger partial charge in [0.15, 0.2) is 11.3 Å². The van der Waals surface area contributed by atoms with E-state index in [9.17, 15) is 18.0 Å². The zero-order chi connectivity index (χ0) is 19.9. The van der Waals surface area contributed by atoms with Crippen molar-refractivity contribution < 1.29 is 13.2 Å². The normalized spacial score (nSPS) is 12.0. The molecule has 28 heavy (non-hydrogen) atoms. The molecular formula is C16H13F3N8O. The Hall–Kier alpha value is -3.57. The van der Waals surface area contributed by atoms with Crippen molar-refractivity contribution in [2.75, 3.05) is 0 Å². The molecule has 0 saturated carbocycles. The van der Waals surface area contributed by atoms with Gasteiger partial charge in [0, 0.05) is 6.54 Å². The van der Waals surface area contributed by atoms with Crippen LogP contribution < -0.4 is 5.56 Å². The molecule has 0 N–H and O–H groups in total. The highest BCUT2D eigenvalue weighted by atomic mass is 19.4. The van der Waals surface area contributed by atoms with Gasteiger partial charge in [0.1, 0.15) is 5.52 Å². The predicted octanol–water partition coefficient (Wildman–Crippen LogP) is 1.66. The number of hydrogen-bond acceptors (Lipinski definition) is 6. The monoisotopic (exact) mass is 390 g/mol. The molecule has 0 amide bonds. The van der Waals surface area contributed by atoms with Crippen LogP contribution in [0.1, 0.15) is 18.3 Å². The van der Waals surface area contributed by atoms with E-state index in [1.54, 1.807) is 4.68 Å². The average Bonchev–Trinajstić information content (AvgIpc) is 3.30. The van der Waals surface area contributed by atoms with E-state index in [2.05, 4.69) is 25.6 Å². The Bertz CT molecular complexity index is 1190. The molecule has 0 unspecified atom stereocenters. The van der Waals surface area contributed by atoms with Crippen LogP contribution in [-0.4, -0.2) is 39.5 Å². The van der Waals surface area contributed by atoms with Gasteiger partial charge in [0.2, 0.25) is 0 Å². The molecule has 0 aliphatic carbocycles. The van der Waals surface area contributed by atoms with Crippen molar-refractivity contribution in [3.8, 4) is 5.69 Å². The standard InChI is InChI=1S/C16H13F3N8O/c1-2-26-14-12(7-21-26)20-9-25(15(14)28)8-13-22-23-24-27(13)11-5-3-10(4-6-11)16(17,18)19/h3-7,9H,2,8H2,1H3. The van der Waals surface area contributed by atoms with Gasteiger partial charge in [-0.1, -0.05) is 0 Å². The van der Waals surface area contributed by atoms with Crippen molar-refractivity contribution in [3.63, 3.8) is 0 Å². The topological polar surface area (TPSA) is 96.3 Å². The van der Waals surface area contributed by atoms with E-state index < -0.39 is 11.7 Å². The van der Waals surface area contributed by atoms with Crippen molar-refractivity contribution in [3.05, 3.63) is 58.5 Å². The zero-order valence-electron chi connectivity index (χ0n) is 14.5. The lowest BCUT2D eigenvalue weighted by Crippen LogP contribution is -2.24. The van der Waals surface area contributed by atoms with Crippen LogP contribution in [0.15, 0.2) is 41.6 Å². The van der Waals surface area contributed by atoms with E-state index in [1.807, 2.05) is 6.92 Å². The highest BCUT2D eigenvalue weighted by Crippen LogP contribution is 2.29. The van der Waals surface area contributed by atoms with Gasteiger partial charge in [-0.2, -0.15) is 23.0 Å². The number of tetrazole rings is 1. The molecule has 9 nitrogen and oxygen atoms in total. The van der Waals surface area contributed by atoms with Gasteiger partial charge in [0.25, 0.3) is 5.56 Å². The first kappa shape index (κ1) is 17.8. The minimum atomic E-state index is -4.43. The Kier molecular flexibility index (Phi) is 4.17. The molecule has 0 aliphatic rings. The number of rotatable bonds is 4. The molecule has 0 saturated heterocycles. The molecule has 0 aliphatic heterocycles. The lowest BCUT2D eigenvalue weighted by molar-refractivity contribution is -0.137. The predicted molar refractivity (Wildman–Crippen MR) is 90.7 cm³/mol. The third-order valence-corrected chi connectivity index (χ3v) is 4.20. The van der Waals surface area contributed by atoms with Crippen LogP contribution in [0.5, 0.6) is 0 Å². The summed E-state index contributed by atoms with van der Waals surface area (Å²) < 4.78 is 42.3. The van der Waals surface area contributed by atoms with Crippen LogP contribution in [-0.2, 0) is 19.3 Å². The van der Waals surface area contributed by atoms with Crippen LogP contribution in [0, 0.1) is 0 Å². The molecule has 0 radical (unpaired) electrons. The maximum Gasteiger partial charge on any atom is 0.416 e. The third kappa shape index (κ3) is 3.02. The Morgan fingerprint density at radius 2 is 1.89 bits per heavy atom. The summed E-state index contributed by atoms with van der Waals surface area (Å²) in [5, 5.41) is 15.4. The van der Waals surface area contributed by atoms with Crippen LogP contribution in [0.4, 0.5) is 13.2 Å². The number of aryl methyl sites for hydroxylation is 1. The summed E-state index contributed by atoms with van der Waals surface area (Å²) in [6.07, 6.45) is -1.56. The number of benzene rings is 1. The summed E-state index contributed by atoms with van der Waals surface area (Å²) in [5.74, 6) is 0.269. The van der Waals surface area contributed by atoms with Gasteiger partial charge in [-0.25, -0.2) is 4.98 Å². The van der Waals surface area contributed by atoms with Crippen molar-refractivity contribution in [1.29, 1.82) is 0 Å². The minimum absolute atomic E-state index is 0.00924. The van der Waals surface area contributed by atoms with Crippen molar-refractivity contribution in [2.24, 2.45) is 0 Å². The molecule has 4 rings (SSSR count). The summed E-state index contributed by atoms with van der Waals surface area (Å²) in [5.41, 5.74) is 0.0913. The SMILES string of the molecule is CCn1ncc2ncn(Cc3nnnn3-c3ccc(C(F)(F)F)cc3)c(=O)c21. The fraction of sp³-hybridized carbons (Fsp3) is 0.250. The molecule has 4 aromatic rings. The molecule has 0 fully saturated rings. The van der Waals surface area contributed by atoms with Gasteiger partial charge in [-0.15, -0.1) is 5.10 Å². The quantitative estimate of drug-likeness (QED) is 0.526. The number of halogens is 3. The molecule has 1 aromatic carbocycles. The fourth-order valence-electron chi connectivity index (χ4n) is 2.81. The fourth-order valence-corrected chi connectivity index (χ4v) is 2.81. The zero-order valence-corrected chi connectivity index (χ0v) is 14.5. The van der Waals surface area contributed by atoms with Gasteiger partial charge in [-0.05, 0) is 41.6 Å². The van der Waals surface area contributed by atoms with Gasteiger partial charge in [0.05, 0.1) is 30.3 Å². The Labute approximate surface area is 155 Å². The van der Waals surface area contributed by atoms with Crippen molar-refractivity contribution in [1.82, 2.24) is 39.5 Å². The smallest absolute Gasteiger partial charge is 0.290 e. The molecule has 0 spiro atoms. The highest BCUT2D eigenvalue weighted by molar-refractivity contribution is 5.72. The van der Waals surface area contributed by atoms with Crippen LogP contribution in [0.3, 0.4) is 0 Å². The van der Waals surface area contributed by atoms with Crippen LogP contribution >= 0.6 is 0 Å². The van der Waals surface area contributed by atoms with Gasteiger partial charge >= 0.3 is 6.18 Å². The molecular weight excluding hydrogens is 377 g/mol. The first-order valence-electron chi connectivity index (χ1n) is 8.24. The van der Waals surface area contributed by atoms with E-state index in [4.69, 9.17) is 0 Å². The number of fused-ring (bicyclic) bond motifs is 1. The van der Waals surface area contributed by atoms with Crippen LogP contribution in [0.2, 0.25) is 0 Å². The molecule has 0 bridgehead atoms. The van der Waals surface area contributed by atoms with E-state index >= 15 is 0 Å². The highest BCUT2D eigenvalue weighted by Gasteiger charge is 2.30. The first-order chi connectivity index (χ1) is 13.4. The maximum atomic E-state index is 12.8. The lowest BCUT2D eigenvalue weighted by atomic mass is 10.2. The van der Waals surface area contributed by atoms with Crippen LogP contribution in [0.25, 0.3) is 16.7 Å². The summed E-state index contributed by atoms with van der Waals surface area (Å²) in [6, 6.07) is 4.42. The van der Waals surface area contributed by atoms with Crippen molar-refractivity contribution in [2.45, 2.75) is 26.2 Å². The second-order valence-electron chi connectivity index (χ2n) is 5.92. The van der Waals surface area contributed by atoms with E-state index in [0.29, 0.717) is 23.3 Å². The van der Waals surface area contributed by atoms with E-state index in [-0.39, 0.29) is 17.9 Å². The Morgan fingerprint density at radius 3 is 2.57 bits per heavy atom. The van der Waals surface area contributed by atoms with Gasteiger partial charge in [-0.3, -0.25) is 14.0 Å². The summed E-state index contributed by atoms with van der Waals surface area (Å²) in [6.45, 7) is 2.35. The molecule has 3 heterocycles. The average molecular weight is 390 g/mol. The number of hydrogen-bond donors (Lipinski definition) is 0. The Morgan fingerprint density at radius 1 is 1.14 bits per heavy atom. The summed E-state index contributed by atoms with van der Waals surface area (Å²) in [4.78, 5) is 17.0. The number of aromatic nitrogens is 8. The lowest BCUT2D eigenvalue weighted by Gasteiger charge is -2.09. The minimum Gasteiger partial charge on any atom is -0.290 e. The largest absolute Gasteiger partial charge is 0.416 e. The Balaban J connectivity index is 1.70. The summed E-state index contributed by atoms with van der Waals surface area (Å²) >= 11 is 0. The van der Waals surface area contributed by atoms with E-state index in [0.717, 1.165) is 12.1 Å². The number of nitrogens with zero attached hydrogens (tertiary/aromatic N) is 8.